The van der Waals surface area contributed by atoms with Crippen LogP contribution in [0.2, 0.25) is 0 Å². The van der Waals surface area contributed by atoms with E-state index in [-0.39, 0.29) is 17.2 Å². The average Bonchev–Trinajstić information content (AvgIpc) is 2.54. The number of rotatable bonds is 2. The Balaban J connectivity index is 2.83. The van der Waals surface area contributed by atoms with Gasteiger partial charge in [0.2, 0.25) is 0 Å². The summed E-state index contributed by atoms with van der Waals surface area (Å²) in [4.78, 5) is 15.3. The standard InChI is InChI=1S/C15H18F2IN3O3S/c1-14(2)12(20-13(22)23)21-15(7-16,8-25(14,24)19-3)10-6-9(18)4-5-11(10)17/h4-6H,7-8H2,1-3H3,(H,20,21)(H,22,23)/t15-,25+/m0/s1. The first-order chi connectivity index (χ1) is 11.5. The number of benzene rings is 1. The van der Waals surface area contributed by atoms with Crippen LogP contribution in [0.3, 0.4) is 0 Å². The second-order valence-corrected chi connectivity index (χ2v) is 10.4. The van der Waals surface area contributed by atoms with Crippen LogP contribution < -0.4 is 5.32 Å². The summed E-state index contributed by atoms with van der Waals surface area (Å²) in [6.07, 6.45) is -1.43. The van der Waals surface area contributed by atoms with Crippen molar-refractivity contribution in [1.82, 2.24) is 5.32 Å². The number of amidine groups is 1. The quantitative estimate of drug-likeness (QED) is 0.631. The number of aliphatic imine (C=N–C) groups is 1. The van der Waals surface area contributed by atoms with Gasteiger partial charge in [0.1, 0.15) is 28.6 Å². The lowest BCUT2D eigenvalue weighted by atomic mass is 9.92. The van der Waals surface area contributed by atoms with Crippen molar-refractivity contribution in [3.8, 4) is 0 Å². The number of hydrogen-bond donors (Lipinski definition) is 2. The highest BCUT2D eigenvalue weighted by Crippen LogP contribution is 2.40. The Morgan fingerprint density at radius 2 is 2.16 bits per heavy atom. The van der Waals surface area contributed by atoms with Crippen molar-refractivity contribution < 1.29 is 22.9 Å². The summed E-state index contributed by atoms with van der Waals surface area (Å²) in [6.45, 7) is 1.89. The van der Waals surface area contributed by atoms with Gasteiger partial charge in [-0.15, -0.1) is 0 Å². The van der Waals surface area contributed by atoms with Crippen LogP contribution in [-0.2, 0) is 15.3 Å². The molecule has 0 fully saturated rings. The maximum absolute atomic E-state index is 14.4. The lowest BCUT2D eigenvalue weighted by Gasteiger charge is -2.41. The topological polar surface area (TPSA) is 91.1 Å². The lowest BCUT2D eigenvalue weighted by Crippen LogP contribution is -2.58. The van der Waals surface area contributed by atoms with Gasteiger partial charge in [-0.05, 0) is 54.6 Å². The molecule has 10 heteroatoms. The summed E-state index contributed by atoms with van der Waals surface area (Å²) >= 11 is 1.95. The van der Waals surface area contributed by atoms with E-state index in [9.17, 15) is 17.8 Å². The molecule has 1 aliphatic rings. The number of carbonyl (C=O) groups is 1. The third kappa shape index (κ3) is 3.37. The van der Waals surface area contributed by atoms with Gasteiger partial charge in [0, 0.05) is 16.2 Å². The van der Waals surface area contributed by atoms with Crippen molar-refractivity contribution in [1.29, 1.82) is 0 Å². The zero-order valence-electron chi connectivity index (χ0n) is 13.8. The second-order valence-electron chi connectivity index (χ2n) is 6.16. The molecule has 0 spiro atoms. The molecule has 0 unspecified atom stereocenters. The number of carboxylic acid groups (broad SMARTS) is 1. The number of nitrogens with zero attached hydrogens (tertiary/aromatic N) is 2. The van der Waals surface area contributed by atoms with Gasteiger partial charge in [0.15, 0.2) is 0 Å². The molecule has 1 aromatic rings. The first kappa shape index (κ1) is 20.0. The smallest absolute Gasteiger partial charge is 0.410 e. The van der Waals surface area contributed by atoms with E-state index in [0.29, 0.717) is 3.57 Å². The van der Waals surface area contributed by atoms with Gasteiger partial charge < -0.3 is 5.11 Å². The van der Waals surface area contributed by atoms with Crippen LogP contribution in [0.4, 0.5) is 13.6 Å². The van der Waals surface area contributed by atoms with E-state index in [4.69, 9.17) is 5.11 Å². The molecule has 0 aliphatic carbocycles. The van der Waals surface area contributed by atoms with E-state index in [1.165, 1.54) is 39.1 Å². The molecule has 1 aromatic carbocycles. The van der Waals surface area contributed by atoms with Gasteiger partial charge in [-0.1, -0.05) is 0 Å². The molecule has 0 saturated carbocycles. The predicted molar refractivity (Wildman–Crippen MR) is 101 cm³/mol. The Morgan fingerprint density at radius 3 is 2.68 bits per heavy atom. The third-order valence-electron chi connectivity index (χ3n) is 4.30. The molecule has 1 heterocycles. The summed E-state index contributed by atoms with van der Waals surface area (Å²) in [5.41, 5.74) is -1.88. The molecule has 1 amide bonds. The normalized spacial score (nSPS) is 28.2. The number of hydrogen-bond acceptors (Lipinski definition) is 4. The molecular weight excluding hydrogens is 467 g/mol. The lowest BCUT2D eigenvalue weighted by molar-refractivity contribution is 0.199. The number of halogens is 3. The summed E-state index contributed by atoms with van der Waals surface area (Å²) in [5.74, 6) is -1.24. The van der Waals surface area contributed by atoms with Crippen LogP contribution in [-0.4, -0.2) is 45.5 Å². The summed E-state index contributed by atoms with van der Waals surface area (Å²) in [7, 11) is -1.82. The minimum atomic E-state index is -3.14. The van der Waals surface area contributed by atoms with Crippen LogP contribution in [0, 0.1) is 9.39 Å². The molecule has 2 rings (SSSR count). The summed E-state index contributed by atoms with van der Waals surface area (Å²) in [5, 5.41) is 11.2. The fourth-order valence-electron chi connectivity index (χ4n) is 2.74. The Bertz CT molecular complexity index is 866. The van der Waals surface area contributed by atoms with E-state index in [1.54, 1.807) is 0 Å². The molecule has 0 aromatic heterocycles. The van der Waals surface area contributed by atoms with E-state index in [1.807, 2.05) is 22.6 Å². The molecule has 0 bridgehead atoms. The highest BCUT2D eigenvalue weighted by molar-refractivity contribution is 14.1. The molecule has 25 heavy (non-hydrogen) atoms. The van der Waals surface area contributed by atoms with Gasteiger partial charge in [-0.25, -0.2) is 22.1 Å². The Hall–Kier alpha value is -1.30. The highest BCUT2D eigenvalue weighted by atomic mass is 127. The van der Waals surface area contributed by atoms with E-state index < -0.39 is 38.6 Å². The maximum atomic E-state index is 14.4. The van der Waals surface area contributed by atoms with Crippen LogP contribution >= 0.6 is 22.6 Å². The van der Waals surface area contributed by atoms with Crippen LogP contribution in [0.15, 0.2) is 27.6 Å². The second kappa shape index (κ2) is 6.78. The van der Waals surface area contributed by atoms with Gasteiger partial charge >= 0.3 is 6.09 Å². The van der Waals surface area contributed by atoms with Gasteiger partial charge in [-0.2, -0.15) is 0 Å². The average molecular weight is 485 g/mol. The van der Waals surface area contributed by atoms with E-state index in [2.05, 4.69) is 14.7 Å². The first-order valence-electron chi connectivity index (χ1n) is 7.25. The summed E-state index contributed by atoms with van der Waals surface area (Å²) < 4.78 is 45.3. The van der Waals surface area contributed by atoms with Gasteiger partial charge in [0.05, 0.1) is 15.5 Å². The molecule has 2 atom stereocenters. The molecule has 6 nitrogen and oxygen atoms in total. The van der Waals surface area contributed by atoms with Crippen LogP contribution in [0.5, 0.6) is 0 Å². The monoisotopic (exact) mass is 485 g/mol. The zero-order valence-corrected chi connectivity index (χ0v) is 16.8. The van der Waals surface area contributed by atoms with Crippen molar-refractivity contribution in [3.05, 3.63) is 33.1 Å². The van der Waals surface area contributed by atoms with Gasteiger partial charge in [0.25, 0.3) is 0 Å². The van der Waals surface area contributed by atoms with Crippen molar-refractivity contribution in [3.63, 3.8) is 0 Å². The van der Waals surface area contributed by atoms with Crippen molar-refractivity contribution >= 4 is 44.2 Å². The predicted octanol–water partition coefficient (Wildman–Crippen LogP) is 3.15. The molecular formula is C15H18F2IN3O3S. The zero-order chi connectivity index (χ0) is 19.0. The SMILES string of the molecule is CN=[S@@]1(=O)C[C@@](CF)(c2cc(I)ccc2F)N=C(NC(=O)O)C1(C)C. The van der Waals surface area contributed by atoms with Gasteiger partial charge in [-0.3, -0.25) is 10.3 Å². The minimum Gasteiger partial charge on any atom is -0.465 e. The number of nitrogens with one attached hydrogen (secondary N) is 1. The fraction of sp³-hybridized carbons (Fsp3) is 0.467. The van der Waals surface area contributed by atoms with Crippen LogP contribution in [0.1, 0.15) is 19.4 Å². The summed E-state index contributed by atoms with van der Waals surface area (Å²) in [6, 6.07) is 4.11. The maximum Gasteiger partial charge on any atom is 0.410 e. The Kier molecular flexibility index (Phi) is 5.43. The molecule has 2 N–H and O–H groups in total. The van der Waals surface area contributed by atoms with E-state index in [0.717, 1.165) is 0 Å². The molecule has 1 aliphatic heterocycles. The van der Waals surface area contributed by atoms with Crippen molar-refractivity contribution in [2.24, 2.45) is 9.36 Å². The van der Waals surface area contributed by atoms with Crippen LogP contribution in [0.25, 0.3) is 0 Å². The van der Waals surface area contributed by atoms with Crippen molar-refractivity contribution in [2.75, 3.05) is 19.5 Å². The number of alkyl halides is 1. The Morgan fingerprint density at radius 1 is 1.52 bits per heavy atom. The van der Waals surface area contributed by atoms with E-state index >= 15 is 0 Å². The van der Waals surface area contributed by atoms with Crippen molar-refractivity contribution in [2.45, 2.75) is 24.1 Å². The largest absolute Gasteiger partial charge is 0.465 e. The molecule has 0 saturated heterocycles. The molecule has 138 valence electrons. The molecule has 0 radical (unpaired) electrons. The first-order valence-corrected chi connectivity index (χ1v) is 10.0. The minimum absolute atomic E-state index is 0.0709. The fourth-order valence-corrected chi connectivity index (χ4v) is 5.52. The highest BCUT2D eigenvalue weighted by Gasteiger charge is 2.51. The third-order valence-corrected chi connectivity index (χ3v) is 8.22. The number of amides is 1. The Labute approximate surface area is 158 Å².